The molecule has 4 rings (SSSR count). The Balaban J connectivity index is 1.54. The van der Waals surface area contributed by atoms with Crippen LogP contribution in [0.25, 0.3) is 0 Å². The maximum Gasteiger partial charge on any atom is 0.0170 e. The third-order valence-electron chi connectivity index (χ3n) is 5.78. The zero-order valence-electron chi connectivity index (χ0n) is 11.5. The summed E-state index contributed by atoms with van der Waals surface area (Å²) in [5.74, 6) is 1.86. The Morgan fingerprint density at radius 3 is 2.65 bits per heavy atom. The average Bonchev–Trinajstić information content (AvgIpc) is 2.37. The Hall–Kier alpha value is -0.300. The van der Waals surface area contributed by atoms with Crippen LogP contribution in [0.5, 0.6) is 0 Å². The van der Waals surface area contributed by atoms with Crippen molar-refractivity contribution in [2.75, 3.05) is 6.54 Å². The van der Waals surface area contributed by atoms with Gasteiger partial charge in [0.25, 0.3) is 0 Å². The second-order valence-corrected chi connectivity index (χ2v) is 7.04. The lowest BCUT2D eigenvalue weighted by Crippen LogP contribution is -2.50. The number of allylic oxidation sites excluding steroid dienone is 1. The van der Waals surface area contributed by atoms with Gasteiger partial charge >= 0.3 is 0 Å². The molecule has 1 nitrogen and oxygen atoms in total. The summed E-state index contributed by atoms with van der Waals surface area (Å²) in [7, 11) is 0. The Kier molecular flexibility index (Phi) is 3.06. The fourth-order valence-corrected chi connectivity index (χ4v) is 4.25. The van der Waals surface area contributed by atoms with Gasteiger partial charge in [-0.25, -0.2) is 0 Å². The van der Waals surface area contributed by atoms with Gasteiger partial charge < -0.3 is 5.32 Å². The second-order valence-electron chi connectivity index (χ2n) is 7.04. The molecule has 2 unspecified atom stereocenters. The minimum Gasteiger partial charge on any atom is -0.310 e. The highest BCUT2D eigenvalue weighted by Gasteiger charge is 2.50. The lowest BCUT2D eigenvalue weighted by molar-refractivity contribution is -0.00765. The first kappa shape index (κ1) is 11.8. The fraction of sp³-hybridized carbons (Fsp3) is 0.875. The van der Waals surface area contributed by atoms with Gasteiger partial charge in [0.05, 0.1) is 0 Å². The molecule has 1 N–H and O–H groups in total. The Bertz CT molecular complexity index is 309. The molecule has 2 bridgehead atoms. The van der Waals surface area contributed by atoms with E-state index in [2.05, 4.69) is 25.2 Å². The summed E-state index contributed by atoms with van der Waals surface area (Å²) < 4.78 is 0. The number of hydrogen-bond acceptors (Lipinski definition) is 1. The molecule has 1 heteroatoms. The monoisotopic (exact) mass is 233 g/mol. The summed E-state index contributed by atoms with van der Waals surface area (Å²) >= 11 is 0. The quantitative estimate of drug-likeness (QED) is 0.729. The normalized spacial score (nSPS) is 36.2. The van der Waals surface area contributed by atoms with E-state index in [0.29, 0.717) is 5.41 Å². The zero-order chi connectivity index (χ0) is 11.9. The molecule has 2 atom stereocenters. The Labute approximate surface area is 106 Å². The Morgan fingerprint density at radius 1 is 1.24 bits per heavy atom. The molecular formula is C16H27N. The van der Waals surface area contributed by atoms with Crippen molar-refractivity contribution in [2.24, 2.45) is 17.3 Å². The smallest absolute Gasteiger partial charge is 0.0170 e. The number of hydrogen-bond donors (Lipinski definition) is 1. The highest BCUT2D eigenvalue weighted by molar-refractivity contribution is 5.24. The van der Waals surface area contributed by atoms with E-state index in [1.807, 2.05) is 0 Å². The molecule has 0 saturated heterocycles. The van der Waals surface area contributed by atoms with E-state index >= 15 is 0 Å². The van der Waals surface area contributed by atoms with Crippen LogP contribution in [0.2, 0.25) is 0 Å². The minimum atomic E-state index is 0.596. The molecule has 0 aromatic rings. The molecule has 2 fully saturated rings. The molecule has 17 heavy (non-hydrogen) atoms. The van der Waals surface area contributed by atoms with Crippen LogP contribution in [0.3, 0.4) is 0 Å². The highest BCUT2D eigenvalue weighted by Crippen LogP contribution is 2.58. The SMILES string of the molecule is CC1(C)C2CC=C(CNC3CCCCC3)C1C2. The molecule has 4 aliphatic carbocycles. The van der Waals surface area contributed by atoms with Gasteiger partial charge in [-0.3, -0.25) is 0 Å². The predicted octanol–water partition coefficient (Wildman–Crippen LogP) is 3.90. The summed E-state index contributed by atoms with van der Waals surface area (Å²) in [6, 6.07) is 0.811. The summed E-state index contributed by atoms with van der Waals surface area (Å²) in [6.07, 6.45) is 12.5. The molecular weight excluding hydrogens is 206 g/mol. The van der Waals surface area contributed by atoms with Crippen molar-refractivity contribution in [1.82, 2.24) is 5.32 Å². The average molecular weight is 233 g/mol. The van der Waals surface area contributed by atoms with Crippen molar-refractivity contribution in [2.45, 2.75) is 64.8 Å². The van der Waals surface area contributed by atoms with Crippen LogP contribution in [0.1, 0.15) is 58.8 Å². The lowest BCUT2D eigenvalue weighted by Gasteiger charge is -2.56. The van der Waals surface area contributed by atoms with Crippen molar-refractivity contribution in [3.63, 3.8) is 0 Å². The van der Waals surface area contributed by atoms with E-state index < -0.39 is 0 Å². The predicted molar refractivity (Wildman–Crippen MR) is 73.0 cm³/mol. The maximum absolute atomic E-state index is 3.82. The fourth-order valence-electron chi connectivity index (χ4n) is 4.25. The summed E-state index contributed by atoms with van der Waals surface area (Å²) in [6.45, 7) is 6.12. The molecule has 4 aliphatic rings. The van der Waals surface area contributed by atoms with Crippen molar-refractivity contribution in [1.29, 1.82) is 0 Å². The van der Waals surface area contributed by atoms with Crippen LogP contribution >= 0.6 is 0 Å². The molecule has 0 aromatic heterocycles. The van der Waals surface area contributed by atoms with Crippen LogP contribution in [0.15, 0.2) is 11.6 Å². The van der Waals surface area contributed by atoms with E-state index in [-0.39, 0.29) is 0 Å². The number of fused-ring (bicyclic) bond motifs is 1. The topological polar surface area (TPSA) is 12.0 Å². The van der Waals surface area contributed by atoms with E-state index in [4.69, 9.17) is 0 Å². The van der Waals surface area contributed by atoms with Gasteiger partial charge in [0.2, 0.25) is 0 Å². The molecule has 0 heterocycles. The lowest BCUT2D eigenvalue weighted by atomic mass is 9.49. The molecule has 0 radical (unpaired) electrons. The summed E-state index contributed by atoms with van der Waals surface area (Å²) in [4.78, 5) is 0. The number of rotatable bonds is 3. The maximum atomic E-state index is 3.82. The van der Waals surface area contributed by atoms with Gasteiger partial charge in [0, 0.05) is 12.6 Å². The van der Waals surface area contributed by atoms with Gasteiger partial charge in [-0.15, -0.1) is 0 Å². The van der Waals surface area contributed by atoms with E-state index in [0.717, 1.165) is 17.9 Å². The summed E-state index contributed by atoms with van der Waals surface area (Å²) in [5.41, 5.74) is 2.32. The minimum absolute atomic E-state index is 0.596. The van der Waals surface area contributed by atoms with E-state index in [1.54, 1.807) is 5.57 Å². The first-order chi connectivity index (χ1) is 8.18. The molecule has 0 aromatic carbocycles. The summed E-state index contributed by atoms with van der Waals surface area (Å²) in [5, 5.41) is 3.82. The number of nitrogens with one attached hydrogen (secondary N) is 1. The molecule has 0 aliphatic heterocycles. The third-order valence-corrected chi connectivity index (χ3v) is 5.78. The molecule has 0 spiro atoms. The third kappa shape index (κ3) is 2.07. The van der Waals surface area contributed by atoms with E-state index in [9.17, 15) is 0 Å². The second kappa shape index (κ2) is 4.42. The highest BCUT2D eigenvalue weighted by atomic mass is 14.9. The van der Waals surface area contributed by atoms with Gasteiger partial charge in [-0.2, -0.15) is 0 Å². The molecule has 96 valence electrons. The van der Waals surface area contributed by atoms with Gasteiger partial charge in [0.15, 0.2) is 0 Å². The zero-order valence-corrected chi connectivity index (χ0v) is 11.5. The van der Waals surface area contributed by atoms with Crippen molar-refractivity contribution in [3.05, 3.63) is 11.6 Å². The van der Waals surface area contributed by atoms with Crippen LogP contribution in [-0.2, 0) is 0 Å². The Morgan fingerprint density at radius 2 is 2.00 bits per heavy atom. The van der Waals surface area contributed by atoms with Gasteiger partial charge in [-0.05, 0) is 42.9 Å². The van der Waals surface area contributed by atoms with Crippen molar-refractivity contribution in [3.8, 4) is 0 Å². The first-order valence-corrected chi connectivity index (χ1v) is 7.60. The molecule has 0 amide bonds. The van der Waals surface area contributed by atoms with E-state index in [1.165, 1.54) is 51.5 Å². The molecule has 2 saturated carbocycles. The van der Waals surface area contributed by atoms with Crippen LogP contribution in [0.4, 0.5) is 0 Å². The van der Waals surface area contributed by atoms with Crippen LogP contribution in [0, 0.1) is 17.3 Å². The van der Waals surface area contributed by atoms with Crippen LogP contribution < -0.4 is 5.32 Å². The van der Waals surface area contributed by atoms with Crippen LogP contribution in [-0.4, -0.2) is 12.6 Å². The van der Waals surface area contributed by atoms with Crippen molar-refractivity contribution >= 4 is 0 Å². The van der Waals surface area contributed by atoms with Crippen molar-refractivity contribution < 1.29 is 0 Å². The largest absolute Gasteiger partial charge is 0.310 e. The first-order valence-electron chi connectivity index (χ1n) is 7.60. The van der Waals surface area contributed by atoms with Gasteiger partial charge in [0.1, 0.15) is 0 Å². The standard InChI is InChI=1S/C16H27N/c1-16(2)13-9-8-12(15(16)10-13)11-17-14-6-4-3-5-7-14/h8,13-15,17H,3-7,9-11H2,1-2H3. The van der Waals surface area contributed by atoms with Gasteiger partial charge in [-0.1, -0.05) is 44.8 Å².